The quantitative estimate of drug-likeness (QED) is 0.271. The van der Waals surface area contributed by atoms with Crippen LogP contribution >= 0.6 is 23.4 Å². The number of aliphatic hydroxyl groups is 3. The molecule has 11 atom stereocenters. The predicted molar refractivity (Wildman–Crippen MR) is 115 cm³/mol. The minimum Gasteiger partial charge on any atom is -0.388 e. The second-order valence-electron chi connectivity index (χ2n) is 8.39. The highest BCUT2D eigenvalue weighted by Crippen LogP contribution is 2.32. The number of amides is 1. The third kappa shape index (κ3) is 4.99. The van der Waals surface area contributed by atoms with Gasteiger partial charge in [0.05, 0.1) is 17.5 Å². The maximum atomic E-state index is 13.1. The summed E-state index contributed by atoms with van der Waals surface area (Å²) in [6.07, 6.45) is 0.271. The lowest BCUT2D eigenvalue weighted by Crippen LogP contribution is -2.65. The van der Waals surface area contributed by atoms with Gasteiger partial charge in [-0.25, -0.2) is 0 Å². The normalized spacial score (nSPS) is 43.9. The number of rotatable bonds is 6. The maximum absolute atomic E-state index is 13.1. The van der Waals surface area contributed by atoms with Crippen LogP contribution in [0.25, 0.3) is 0 Å². The molecular formula is C20H33ClN2O6S. The highest BCUT2D eigenvalue weighted by Gasteiger charge is 2.49. The van der Waals surface area contributed by atoms with Gasteiger partial charge in [-0.15, -0.1) is 29.9 Å². The Bertz CT molecular complexity index is 612. The second kappa shape index (κ2) is 10.5. The maximum Gasteiger partial charge on any atom is 0.240 e. The predicted octanol–water partition coefficient (Wildman–Crippen LogP) is -0.162. The van der Waals surface area contributed by atoms with Crippen LogP contribution in [0.4, 0.5) is 0 Å². The fourth-order valence-electron chi connectivity index (χ4n) is 4.63. The molecule has 3 aliphatic heterocycles. The molecule has 3 rings (SSSR count). The zero-order valence-electron chi connectivity index (χ0n) is 17.3. The molecule has 30 heavy (non-hydrogen) atoms. The fraction of sp³-hybridized carbons (Fsp3) is 0.850. The highest BCUT2D eigenvalue weighted by atomic mass is 35.5. The summed E-state index contributed by atoms with van der Waals surface area (Å²) in [6.45, 7) is 6.83. The van der Waals surface area contributed by atoms with Crippen molar-refractivity contribution in [1.29, 1.82) is 0 Å². The van der Waals surface area contributed by atoms with Crippen LogP contribution < -0.4 is 10.6 Å². The van der Waals surface area contributed by atoms with Crippen molar-refractivity contribution in [2.75, 3.05) is 19.4 Å². The van der Waals surface area contributed by atoms with Crippen molar-refractivity contribution in [2.45, 2.75) is 73.2 Å². The van der Waals surface area contributed by atoms with E-state index in [0.717, 1.165) is 12.8 Å². The number of hydrogen-bond donors (Lipinski definition) is 5. The summed E-state index contributed by atoms with van der Waals surface area (Å²) < 4.78 is 11.8. The number of allylic oxidation sites excluding steroid dienone is 1. The molecule has 0 aromatic heterocycles. The number of nitrogens with one attached hydrogen (secondary N) is 2. The zero-order chi connectivity index (χ0) is 22.0. The molecule has 0 aromatic rings. The first-order valence-electron chi connectivity index (χ1n) is 10.4. The van der Waals surface area contributed by atoms with Gasteiger partial charge in [-0.2, -0.15) is 0 Å². The van der Waals surface area contributed by atoms with Crippen LogP contribution in [0, 0.1) is 11.8 Å². The van der Waals surface area contributed by atoms with Crippen molar-refractivity contribution in [3.05, 3.63) is 12.7 Å². The second-order valence-corrected chi connectivity index (χ2v) is 10.0. The van der Waals surface area contributed by atoms with E-state index in [-0.39, 0.29) is 17.9 Å². The Labute approximate surface area is 186 Å². The first kappa shape index (κ1) is 24.3. The molecule has 0 spiro atoms. The fourth-order valence-corrected chi connectivity index (χ4v) is 5.51. The summed E-state index contributed by atoms with van der Waals surface area (Å²) in [5.41, 5.74) is -0.738. The molecule has 0 radical (unpaired) electrons. The Balaban J connectivity index is 1.71. The minimum absolute atomic E-state index is 0.215. The average Bonchev–Trinajstić information content (AvgIpc) is 3.00. The Morgan fingerprint density at radius 2 is 2.07 bits per heavy atom. The van der Waals surface area contributed by atoms with Gasteiger partial charge in [-0.1, -0.05) is 6.08 Å². The number of ether oxygens (including phenoxy) is 2. The van der Waals surface area contributed by atoms with Crippen molar-refractivity contribution in [3.8, 4) is 0 Å². The number of carbonyl (C=O) groups excluding carboxylic acids is 1. The molecule has 3 saturated heterocycles. The summed E-state index contributed by atoms with van der Waals surface area (Å²) in [5.74, 6) is 0.308. The molecule has 0 saturated carbocycles. The molecule has 0 aliphatic carbocycles. The standard InChI is InChI=1S/C20H33ClN2O6S/c1-4-10-5-6-28-17-11(7-10)8-22-13(17)19(27)23-12(9(2)21)18-15(25)14(24)16(26)20(29-18)30-3/h4,9-18,20,22,24-26H,1,5-8H2,2-3H3,(H,23,27)/t9-,10+,11-,12+,13-,14?,15?,16+,17+,18+,20?/m0/s1. The molecule has 1 amide bonds. The summed E-state index contributed by atoms with van der Waals surface area (Å²) in [4.78, 5) is 13.1. The lowest BCUT2D eigenvalue weighted by molar-refractivity contribution is -0.205. The van der Waals surface area contributed by atoms with Crippen molar-refractivity contribution in [3.63, 3.8) is 0 Å². The van der Waals surface area contributed by atoms with Gasteiger partial charge in [0.2, 0.25) is 5.91 Å². The molecule has 10 heteroatoms. The number of carbonyl (C=O) groups is 1. The van der Waals surface area contributed by atoms with Crippen LogP contribution in [0.3, 0.4) is 0 Å². The number of halogens is 1. The van der Waals surface area contributed by atoms with Gasteiger partial charge < -0.3 is 35.4 Å². The smallest absolute Gasteiger partial charge is 0.240 e. The van der Waals surface area contributed by atoms with E-state index in [1.54, 1.807) is 13.2 Å². The average molecular weight is 465 g/mol. The Morgan fingerprint density at radius 1 is 1.33 bits per heavy atom. The van der Waals surface area contributed by atoms with Crippen LogP contribution in [-0.2, 0) is 14.3 Å². The van der Waals surface area contributed by atoms with Crippen LogP contribution in [0.5, 0.6) is 0 Å². The van der Waals surface area contributed by atoms with E-state index >= 15 is 0 Å². The SMILES string of the molecule is C=C[C@@H]1CCO[C@@H]2[C@H](CN[C@@H]2C(=O)N[C@H]([C@H](C)Cl)[C@H]2OC(SC)[C@H](O)C(O)C2O)C1. The summed E-state index contributed by atoms with van der Waals surface area (Å²) in [7, 11) is 0. The van der Waals surface area contributed by atoms with E-state index in [4.69, 9.17) is 21.1 Å². The Morgan fingerprint density at radius 3 is 2.70 bits per heavy atom. The molecule has 0 aromatic carbocycles. The Hall–Kier alpha value is -0.390. The van der Waals surface area contributed by atoms with Gasteiger partial charge in [0.25, 0.3) is 0 Å². The van der Waals surface area contributed by atoms with Crippen LogP contribution in [0.2, 0.25) is 0 Å². The molecular weight excluding hydrogens is 432 g/mol. The van der Waals surface area contributed by atoms with Crippen LogP contribution in [0.1, 0.15) is 19.8 Å². The van der Waals surface area contributed by atoms with Gasteiger partial charge in [0.1, 0.15) is 35.9 Å². The number of aliphatic hydroxyl groups excluding tert-OH is 3. The number of thioether (sulfide) groups is 1. The lowest BCUT2D eigenvalue weighted by Gasteiger charge is -2.44. The highest BCUT2D eigenvalue weighted by molar-refractivity contribution is 7.99. The van der Waals surface area contributed by atoms with E-state index in [9.17, 15) is 20.1 Å². The van der Waals surface area contributed by atoms with Crippen LogP contribution in [0.15, 0.2) is 12.7 Å². The van der Waals surface area contributed by atoms with Gasteiger partial charge in [-0.05, 0) is 31.9 Å². The van der Waals surface area contributed by atoms with E-state index in [2.05, 4.69) is 17.2 Å². The first-order chi connectivity index (χ1) is 14.3. The topological polar surface area (TPSA) is 120 Å². The van der Waals surface area contributed by atoms with E-state index in [0.29, 0.717) is 19.1 Å². The lowest BCUT2D eigenvalue weighted by atomic mass is 9.89. The van der Waals surface area contributed by atoms with Crippen molar-refractivity contribution >= 4 is 29.3 Å². The molecule has 3 heterocycles. The molecule has 3 unspecified atom stereocenters. The number of fused-ring (bicyclic) bond motifs is 1. The molecule has 8 nitrogen and oxygen atoms in total. The van der Waals surface area contributed by atoms with E-state index < -0.39 is 47.3 Å². The molecule has 3 fully saturated rings. The van der Waals surface area contributed by atoms with Crippen molar-refractivity contribution in [1.82, 2.24) is 10.6 Å². The third-order valence-corrected chi connectivity index (χ3v) is 7.54. The first-order valence-corrected chi connectivity index (χ1v) is 12.1. The minimum atomic E-state index is -1.40. The third-order valence-electron chi connectivity index (χ3n) is 6.41. The number of alkyl halides is 1. The molecule has 0 bridgehead atoms. The number of hydrogen-bond acceptors (Lipinski definition) is 8. The van der Waals surface area contributed by atoms with Crippen molar-refractivity contribution < 1.29 is 29.6 Å². The van der Waals surface area contributed by atoms with E-state index in [1.165, 1.54) is 11.8 Å². The molecule has 5 N–H and O–H groups in total. The summed E-state index contributed by atoms with van der Waals surface area (Å²) >= 11 is 7.57. The summed E-state index contributed by atoms with van der Waals surface area (Å²) in [5, 5.41) is 36.4. The van der Waals surface area contributed by atoms with Gasteiger partial charge in [-0.3, -0.25) is 4.79 Å². The molecule has 3 aliphatic rings. The Kier molecular flexibility index (Phi) is 8.48. The van der Waals surface area contributed by atoms with Crippen molar-refractivity contribution in [2.24, 2.45) is 11.8 Å². The summed E-state index contributed by atoms with van der Waals surface area (Å²) in [6, 6.07) is -1.30. The van der Waals surface area contributed by atoms with Gasteiger partial charge in [0, 0.05) is 19.1 Å². The molecule has 172 valence electrons. The van der Waals surface area contributed by atoms with Gasteiger partial charge in [0.15, 0.2) is 0 Å². The van der Waals surface area contributed by atoms with Crippen LogP contribution in [-0.4, -0.2) is 94.1 Å². The van der Waals surface area contributed by atoms with E-state index in [1.807, 2.05) is 6.08 Å². The zero-order valence-corrected chi connectivity index (χ0v) is 18.9. The largest absolute Gasteiger partial charge is 0.388 e. The monoisotopic (exact) mass is 464 g/mol. The van der Waals surface area contributed by atoms with Gasteiger partial charge >= 0.3 is 0 Å².